The molecule has 0 spiro atoms. The van der Waals surface area contributed by atoms with E-state index in [9.17, 15) is 14.4 Å². The Morgan fingerprint density at radius 2 is 1.85 bits per heavy atom. The quantitative estimate of drug-likeness (QED) is 0.394. The summed E-state index contributed by atoms with van der Waals surface area (Å²) < 4.78 is 1.79. The molecule has 0 N–H and O–H groups in total. The predicted octanol–water partition coefficient (Wildman–Crippen LogP) is 3.46. The Morgan fingerprint density at radius 3 is 2.42 bits per heavy atom. The largest absolute Gasteiger partial charge is 0.337 e. The standard InChI is InChI=1S/C20H21BrN2O3/c1-4-22(12-14(2)3)20(26)18(19(25)15-8-6-5-7-9-15)23-13-16(21)10-11-17(23)24/h5-11,13,18H,2,4,12H2,1,3H3. The van der Waals surface area contributed by atoms with Crippen molar-refractivity contribution in [1.82, 2.24) is 9.47 Å². The number of benzene rings is 1. The van der Waals surface area contributed by atoms with Crippen molar-refractivity contribution in [2.45, 2.75) is 19.9 Å². The van der Waals surface area contributed by atoms with Crippen LogP contribution in [0.4, 0.5) is 0 Å². The van der Waals surface area contributed by atoms with Gasteiger partial charge in [-0.1, -0.05) is 42.5 Å². The van der Waals surface area contributed by atoms with Crippen molar-refractivity contribution in [3.05, 3.63) is 81.2 Å². The fourth-order valence-electron chi connectivity index (χ4n) is 2.64. The van der Waals surface area contributed by atoms with Crippen LogP contribution < -0.4 is 5.56 Å². The van der Waals surface area contributed by atoms with Crippen LogP contribution in [0.3, 0.4) is 0 Å². The third-order valence-corrected chi connectivity index (χ3v) is 4.34. The second-order valence-electron chi connectivity index (χ2n) is 6.04. The highest BCUT2D eigenvalue weighted by Crippen LogP contribution is 2.19. The summed E-state index contributed by atoms with van der Waals surface area (Å²) in [5.41, 5.74) is 0.763. The maximum absolute atomic E-state index is 13.2. The second kappa shape index (κ2) is 8.76. The maximum Gasteiger partial charge on any atom is 0.254 e. The van der Waals surface area contributed by atoms with Gasteiger partial charge in [0.25, 0.3) is 11.5 Å². The molecule has 0 saturated carbocycles. The van der Waals surface area contributed by atoms with Crippen LogP contribution in [-0.2, 0) is 4.79 Å². The molecule has 1 atom stereocenters. The monoisotopic (exact) mass is 416 g/mol. The minimum absolute atomic E-state index is 0.330. The van der Waals surface area contributed by atoms with Gasteiger partial charge in [-0.2, -0.15) is 0 Å². The smallest absolute Gasteiger partial charge is 0.254 e. The molecular weight excluding hydrogens is 396 g/mol. The molecule has 6 heteroatoms. The third-order valence-electron chi connectivity index (χ3n) is 3.87. The highest BCUT2D eigenvalue weighted by atomic mass is 79.9. The van der Waals surface area contributed by atoms with E-state index in [0.29, 0.717) is 23.1 Å². The Balaban J connectivity index is 2.56. The van der Waals surface area contributed by atoms with Crippen LogP contribution in [0.1, 0.15) is 30.2 Å². The number of ketones is 1. The minimum Gasteiger partial charge on any atom is -0.337 e. The lowest BCUT2D eigenvalue weighted by atomic mass is 10.0. The molecule has 2 rings (SSSR count). The molecule has 26 heavy (non-hydrogen) atoms. The number of halogens is 1. The van der Waals surface area contributed by atoms with Gasteiger partial charge in [0.2, 0.25) is 0 Å². The van der Waals surface area contributed by atoms with E-state index in [-0.39, 0.29) is 0 Å². The summed E-state index contributed by atoms with van der Waals surface area (Å²) in [4.78, 5) is 40.2. The summed E-state index contributed by atoms with van der Waals surface area (Å²) in [7, 11) is 0. The van der Waals surface area contributed by atoms with Gasteiger partial charge >= 0.3 is 0 Å². The number of amides is 1. The first-order chi connectivity index (χ1) is 12.3. The first kappa shape index (κ1) is 19.8. The lowest BCUT2D eigenvalue weighted by Gasteiger charge is -2.27. The SMILES string of the molecule is C=C(C)CN(CC)C(=O)C(C(=O)c1ccccc1)n1cc(Br)ccc1=O. The maximum atomic E-state index is 13.2. The normalized spacial score (nSPS) is 11.7. The number of nitrogens with zero attached hydrogens (tertiary/aromatic N) is 2. The zero-order valence-electron chi connectivity index (χ0n) is 14.8. The molecule has 1 aromatic carbocycles. The molecule has 1 heterocycles. The topological polar surface area (TPSA) is 59.4 Å². The Morgan fingerprint density at radius 1 is 1.19 bits per heavy atom. The average molecular weight is 417 g/mol. The van der Waals surface area contributed by atoms with Gasteiger partial charge in [-0.05, 0) is 35.8 Å². The summed E-state index contributed by atoms with van der Waals surface area (Å²) in [6.07, 6.45) is 1.47. The van der Waals surface area contributed by atoms with Crippen molar-refractivity contribution in [2.24, 2.45) is 0 Å². The van der Waals surface area contributed by atoms with E-state index in [2.05, 4.69) is 22.5 Å². The van der Waals surface area contributed by atoms with Crippen molar-refractivity contribution in [3.8, 4) is 0 Å². The van der Waals surface area contributed by atoms with Crippen LogP contribution in [0.25, 0.3) is 0 Å². The van der Waals surface area contributed by atoms with Gasteiger partial charge in [0, 0.05) is 35.4 Å². The Kier molecular flexibility index (Phi) is 6.69. The number of carbonyl (C=O) groups excluding carboxylic acids is 2. The molecule has 1 unspecified atom stereocenters. The second-order valence-corrected chi connectivity index (χ2v) is 6.95. The minimum atomic E-state index is -1.26. The van der Waals surface area contributed by atoms with Gasteiger partial charge < -0.3 is 4.90 Å². The van der Waals surface area contributed by atoms with Crippen LogP contribution in [-0.4, -0.2) is 34.2 Å². The molecule has 136 valence electrons. The Hall–Kier alpha value is -2.47. The van der Waals surface area contributed by atoms with Crippen LogP contribution in [0.2, 0.25) is 0 Å². The molecule has 5 nitrogen and oxygen atoms in total. The van der Waals surface area contributed by atoms with Crippen LogP contribution in [0, 0.1) is 0 Å². The van der Waals surface area contributed by atoms with E-state index < -0.39 is 23.3 Å². The number of likely N-dealkylation sites (N-methyl/N-ethyl adjacent to an activating group) is 1. The molecule has 0 aliphatic carbocycles. The molecular formula is C20H21BrN2O3. The molecule has 1 aromatic heterocycles. The zero-order chi connectivity index (χ0) is 19.3. The number of hydrogen-bond donors (Lipinski definition) is 0. The van der Waals surface area contributed by atoms with Gasteiger partial charge in [0.15, 0.2) is 11.8 Å². The van der Waals surface area contributed by atoms with Crippen molar-refractivity contribution < 1.29 is 9.59 Å². The Bertz CT molecular complexity index is 874. The summed E-state index contributed by atoms with van der Waals surface area (Å²) >= 11 is 3.30. The molecule has 1 amide bonds. The van der Waals surface area contributed by atoms with Crippen LogP contribution >= 0.6 is 15.9 Å². The number of aromatic nitrogens is 1. The number of hydrogen-bond acceptors (Lipinski definition) is 3. The van der Waals surface area contributed by atoms with Crippen molar-refractivity contribution in [1.29, 1.82) is 0 Å². The number of carbonyl (C=O) groups is 2. The summed E-state index contributed by atoms with van der Waals surface area (Å²) in [6, 6.07) is 10.2. The van der Waals surface area contributed by atoms with E-state index in [1.54, 1.807) is 36.4 Å². The van der Waals surface area contributed by atoms with Crippen LogP contribution in [0.5, 0.6) is 0 Å². The van der Waals surface area contributed by atoms with Gasteiger partial charge in [-0.25, -0.2) is 0 Å². The van der Waals surface area contributed by atoms with Gasteiger partial charge in [-0.15, -0.1) is 0 Å². The molecule has 0 radical (unpaired) electrons. The van der Waals surface area contributed by atoms with E-state index >= 15 is 0 Å². The highest BCUT2D eigenvalue weighted by molar-refractivity contribution is 9.10. The van der Waals surface area contributed by atoms with E-state index in [1.807, 2.05) is 13.8 Å². The van der Waals surface area contributed by atoms with E-state index in [1.165, 1.54) is 21.7 Å². The summed E-state index contributed by atoms with van der Waals surface area (Å²) in [5, 5.41) is 0. The first-order valence-corrected chi connectivity index (χ1v) is 9.04. The van der Waals surface area contributed by atoms with Gasteiger partial charge in [-0.3, -0.25) is 19.0 Å². The van der Waals surface area contributed by atoms with Crippen LogP contribution in [0.15, 0.2) is 70.1 Å². The number of Topliss-reactive ketones (excluding diaryl/α,β-unsaturated/α-hetero) is 1. The third kappa shape index (κ3) is 4.58. The predicted molar refractivity (Wildman–Crippen MR) is 105 cm³/mol. The first-order valence-electron chi connectivity index (χ1n) is 8.25. The van der Waals surface area contributed by atoms with Crippen molar-refractivity contribution in [2.75, 3.05) is 13.1 Å². The summed E-state index contributed by atoms with van der Waals surface area (Å²) in [6.45, 7) is 8.22. The molecule has 0 saturated heterocycles. The van der Waals surface area contributed by atoms with Gasteiger partial charge in [0.05, 0.1) is 0 Å². The molecule has 2 aromatic rings. The lowest BCUT2D eigenvalue weighted by molar-refractivity contribution is -0.132. The van der Waals surface area contributed by atoms with E-state index in [0.717, 1.165) is 5.57 Å². The Labute approximate surface area is 161 Å². The number of pyridine rings is 1. The number of rotatable bonds is 7. The zero-order valence-corrected chi connectivity index (χ0v) is 16.4. The fraction of sp³-hybridized carbons (Fsp3) is 0.250. The average Bonchev–Trinajstić information content (AvgIpc) is 2.63. The lowest BCUT2D eigenvalue weighted by Crippen LogP contribution is -2.44. The highest BCUT2D eigenvalue weighted by Gasteiger charge is 2.33. The van der Waals surface area contributed by atoms with Crippen molar-refractivity contribution >= 4 is 27.6 Å². The molecule has 0 bridgehead atoms. The van der Waals surface area contributed by atoms with Gasteiger partial charge in [0.1, 0.15) is 0 Å². The van der Waals surface area contributed by atoms with E-state index in [4.69, 9.17) is 0 Å². The molecule has 0 aliphatic heterocycles. The molecule has 0 aliphatic rings. The summed E-state index contributed by atoms with van der Waals surface area (Å²) in [5.74, 6) is -0.847. The fourth-order valence-corrected chi connectivity index (χ4v) is 2.99. The van der Waals surface area contributed by atoms with Crippen molar-refractivity contribution in [3.63, 3.8) is 0 Å². The molecule has 0 fully saturated rings.